The summed E-state index contributed by atoms with van der Waals surface area (Å²) in [6.07, 6.45) is 0.428. The number of hydrogen-bond donors (Lipinski definition) is 2. The predicted molar refractivity (Wildman–Crippen MR) is 49.7 cm³/mol. The molecule has 2 N–H and O–H groups in total. The first-order valence-corrected chi connectivity index (χ1v) is 4.74. The minimum absolute atomic E-state index is 0.0662. The van der Waals surface area contributed by atoms with Crippen LogP contribution in [0.15, 0.2) is 0 Å². The molecule has 0 heterocycles. The molecule has 1 fully saturated rings. The number of carboxylic acid groups (broad SMARTS) is 1. The van der Waals surface area contributed by atoms with Gasteiger partial charge in [0.05, 0.1) is 0 Å². The molecule has 0 aromatic heterocycles. The van der Waals surface area contributed by atoms with Crippen LogP contribution in [0.4, 0.5) is 0 Å². The number of Topliss-reactive ketones (excluding diaryl/α,β-unsaturated/α-hetero) is 1. The summed E-state index contributed by atoms with van der Waals surface area (Å²) in [6.45, 7) is 3.50. The van der Waals surface area contributed by atoms with Gasteiger partial charge in [-0.15, -0.1) is 0 Å². The first kappa shape index (κ1) is 11.2. The highest BCUT2D eigenvalue weighted by Crippen LogP contribution is 2.61. The molecule has 0 saturated heterocycles. The van der Waals surface area contributed by atoms with Gasteiger partial charge in [-0.1, -0.05) is 13.8 Å². The molecule has 0 spiro atoms. The second-order valence-corrected chi connectivity index (χ2v) is 4.53. The van der Waals surface area contributed by atoms with E-state index in [0.717, 1.165) is 0 Å². The third-order valence-corrected chi connectivity index (χ3v) is 3.31. The van der Waals surface area contributed by atoms with Crippen LogP contribution in [0.3, 0.4) is 0 Å². The van der Waals surface area contributed by atoms with Gasteiger partial charge in [-0.2, -0.15) is 0 Å². The van der Waals surface area contributed by atoms with Crippen molar-refractivity contribution in [2.75, 3.05) is 6.61 Å². The minimum Gasteiger partial charge on any atom is -0.481 e. The Balaban J connectivity index is 2.48. The van der Waals surface area contributed by atoms with Crippen molar-refractivity contribution in [3.8, 4) is 0 Å². The molecule has 1 aliphatic carbocycles. The molecule has 0 unspecified atom stereocenters. The van der Waals surface area contributed by atoms with E-state index in [1.165, 1.54) is 0 Å². The SMILES string of the molecule is CC1(C)[C@H](CC(=O)CO)[C@@H]1CC(=O)O. The number of carbonyl (C=O) groups excluding carboxylic acids is 1. The summed E-state index contributed by atoms with van der Waals surface area (Å²) in [5.41, 5.74) is -0.0662. The molecule has 1 saturated carbocycles. The summed E-state index contributed by atoms with van der Waals surface area (Å²) in [7, 11) is 0. The highest BCUT2D eigenvalue weighted by atomic mass is 16.4. The van der Waals surface area contributed by atoms with Crippen molar-refractivity contribution in [3.63, 3.8) is 0 Å². The zero-order valence-electron chi connectivity index (χ0n) is 8.49. The Morgan fingerprint density at radius 2 is 1.71 bits per heavy atom. The Hall–Kier alpha value is -0.900. The van der Waals surface area contributed by atoms with Gasteiger partial charge in [0, 0.05) is 12.8 Å². The molecule has 0 aromatic rings. The van der Waals surface area contributed by atoms with Crippen molar-refractivity contribution >= 4 is 11.8 Å². The Labute approximate surface area is 82.9 Å². The summed E-state index contributed by atoms with van der Waals surface area (Å²) in [5, 5.41) is 17.2. The zero-order chi connectivity index (χ0) is 10.9. The van der Waals surface area contributed by atoms with Gasteiger partial charge in [-0.25, -0.2) is 0 Å². The van der Waals surface area contributed by atoms with E-state index < -0.39 is 12.6 Å². The predicted octanol–water partition coefficient (Wildman–Crippen LogP) is 0.685. The molecule has 0 aromatic carbocycles. The monoisotopic (exact) mass is 200 g/mol. The van der Waals surface area contributed by atoms with Crippen molar-refractivity contribution in [2.24, 2.45) is 17.3 Å². The summed E-state index contributed by atoms with van der Waals surface area (Å²) in [6, 6.07) is 0. The molecular formula is C10H16O4. The fourth-order valence-corrected chi connectivity index (χ4v) is 2.17. The Morgan fingerprint density at radius 1 is 1.21 bits per heavy atom. The number of aliphatic hydroxyl groups is 1. The number of carbonyl (C=O) groups is 2. The topological polar surface area (TPSA) is 74.6 Å². The fourth-order valence-electron chi connectivity index (χ4n) is 2.17. The summed E-state index contributed by atoms with van der Waals surface area (Å²) in [4.78, 5) is 21.5. The minimum atomic E-state index is -0.818. The van der Waals surface area contributed by atoms with Gasteiger partial charge < -0.3 is 10.2 Å². The van der Waals surface area contributed by atoms with Crippen LogP contribution in [0, 0.1) is 17.3 Å². The van der Waals surface area contributed by atoms with Gasteiger partial charge in [-0.3, -0.25) is 9.59 Å². The number of aliphatic carboxylic acids is 1. The van der Waals surface area contributed by atoms with E-state index >= 15 is 0 Å². The van der Waals surface area contributed by atoms with Gasteiger partial charge in [-0.05, 0) is 17.3 Å². The normalized spacial score (nSPS) is 28.5. The highest BCUT2D eigenvalue weighted by molar-refractivity contribution is 5.80. The summed E-state index contributed by atoms with van der Waals surface area (Å²) < 4.78 is 0. The van der Waals surface area contributed by atoms with Crippen LogP contribution in [-0.4, -0.2) is 28.6 Å². The van der Waals surface area contributed by atoms with Crippen LogP contribution in [0.5, 0.6) is 0 Å². The van der Waals surface area contributed by atoms with Crippen molar-refractivity contribution in [1.29, 1.82) is 0 Å². The third kappa shape index (κ3) is 2.12. The first-order chi connectivity index (χ1) is 6.39. The lowest BCUT2D eigenvalue weighted by molar-refractivity contribution is -0.137. The molecule has 80 valence electrons. The van der Waals surface area contributed by atoms with Gasteiger partial charge in [0.15, 0.2) is 5.78 Å². The Bertz CT molecular complexity index is 257. The standard InChI is InChI=1S/C10H16O4/c1-10(2)7(3-6(12)5-11)8(10)4-9(13)14/h7-8,11H,3-5H2,1-2H3,(H,13,14)/t7-,8+/m1/s1. The lowest BCUT2D eigenvalue weighted by Gasteiger charge is -1.99. The molecule has 0 bridgehead atoms. The molecule has 4 heteroatoms. The van der Waals surface area contributed by atoms with Crippen LogP contribution < -0.4 is 0 Å². The van der Waals surface area contributed by atoms with E-state index in [4.69, 9.17) is 10.2 Å². The number of carboxylic acids is 1. The fraction of sp³-hybridized carbons (Fsp3) is 0.800. The van der Waals surface area contributed by atoms with Gasteiger partial charge in [0.25, 0.3) is 0 Å². The van der Waals surface area contributed by atoms with E-state index in [9.17, 15) is 9.59 Å². The van der Waals surface area contributed by atoms with Gasteiger partial charge in [0.1, 0.15) is 6.61 Å². The second kappa shape index (κ2) is 3.69. The molecule has 14 heavy (non-hydrogen) atoms. The average Bonchev–Trinajstić information content (AvgIpc) is 2.55. The number of hydrogen-bond acceptors (Lipinski definition) is 3. The lowest BCUT2D eigenvalue weighted by atomic mass is 10.1. The molecule has 1 rings (SSSR count). The van der Waals surface area contributed by atoms with Gasteiger partial charge >= 0.3 is 5.97 Å². The molecule has 1 aliphatic rings. The zero-order valence-corrected chi connectivity index (χ0v) is 8.49. The largest absolute Gasteiger partial charge is 0.481 e. The van der Waals surface area contributed by atoms with Crippen LogP contribution in [0.25, 0.3) is 0 Å². The molecule has 2 atom stereocenters. The van der Waals surface area contributed by atoms with Crippen LogP contribution in [0.2, 0.25) is 0 Å². The molecular weight excluding hydrogens is 184 g/mol. The first-order valence-electron chi connectivity index (χ1n) is 4.74. The van der Waals surface area contributed by atoms with Crippen LogP contribution in [0.1, 0.15) is 26.7 Å². The number of rotatable bonds is 5. The van der Waals surface area contributed by atoms with Crippen molar-refractivity contribution < 1.29 is 19.8 Å². The van der Waals surface area contributed by atoms with E-state index in [2.05, 4.69) is 0 Å². The van der Waals surface area contributed by atoms with Crippen molar-refractivity contribution in [1.82, 2.24) is 0 Å². The number of aliphatic hydroxyl groups excluding tert-OH is 1. The van der Waals surface area contributed by atoms with E-state index in [1.54, 1.807) is 0 Å². The van der Waals surface area contributed by atoms with E-state index in [1.807, 2.05) is 13.8 Å². The van der Waals surface area contributed by atoms with Crippen LogP contribution >= 0.6 is 0 Å². The summed E-state index contributed by atoms with van der Waals surface area (Å²) >= 11 is 0. The average molecular weight is 200 g/mol. The third-order valence-electron chi connectivity index (χ3n) is 3.31. The molecule has 0 aliphatic heterocycles. The van der Waals surface area contributed by atoms with Crippen molar-refractivity contribution in [3.05, 3.63) is 0 Å². The molecule has 4 nitrogen and oxygen atoms in total. The van der Waals surface area contributed by atoms with E-state index in [-0.39, 0.29) is 29.5 Å². The van der Waals surface area contributed by atoms with Gasteiger partial charge in [0.2, 0.25) is 0 Å². The molecule has 0 amide bonds. The summed E-state index contributed by atoms with van der Waals surface area (Å²) in [5.74, 6) is -0.813. The maximum atomic E-state index is 11.0. The quantitative estimate of drug-likeness (QED) is 0.684. The second-order valence-electron chi connectivity index (χ2n) is 4.53. The molecule has 0 radical (unpaired) electrons. The van der Waals surface area contributed by atoms with E-state index in [0.29, 0.717) is 6.42 Å². The smallest absolute Gasteiger partial charge is 0.303 e. The number of ketones is 1. The highest BCUT2D eigenvalue weighted by Gasteiger charge is 2.58. The maximum absolute atomic E-state index is 11.0. The Morgan fingerprint density at radius 3 is 2.14 bits per heavy atom. The Kier molecular flexibility index (Phi) is 2.95. The van der Waals surface area contributed by atoms with Crippen molar-refractivity contribution in [2.45, 2.75) is 26.7 Å². The maximum Gasteiger partial charge on any atom is 0.303 e. The van der Waals surface area contributed by atoms with Crippen LogP contribution in [-0.2, 0) is 9.59 Å². The lowest BCUT2D eigenvalue weighted by Crippen LogP contribution is -2.06.